The van der Waals surface area contributed by atoms with E-state index in [4.69, 9.17) is 9.47 Å². The van der Waals surface area contributed by atoms with E-state index in [1.807, 2.05) is 0 Å². The van der Waals surface area contributed by atoms with Crippen molar-refractivity contribution in [3.8, 4) is 0 Å². The van der Waals surface area contributed by atoms with Crippen LogP contribution in [0.4, 0.5) is 0 Å². The van der Waals surface area contributed by atoms with Gasteiger partial charge in [0.2, 0.25) is 0 Å². The number of esters is 2. The molecule has 0 aromatic heterocycles. The number of unbranched alkanes of at least 4 members (excludes halogenated alkanes) is 24. The number of aliphatic hydroxyl groups excluding tert-OH is 1. The molecule has 0 bridgehead atoms. The van der Waals surface area contributed by atoms with Gasteiger partial charge in [0.1, 0.15) is 19.3 Å². The SMILES string of the molecule is CCC(C)CCCCCCCCCCCCCCCCC(=O)OC[C@@H](O)COC(=O)CCCCCCCCCCCCCCC(C)C. The van der Waals surface area contributed by atoms with Gasteiger partial charge in [0.15, 0.2) is 0 Å². The number of hydrogen-bond donors (Lipinski definition) is 1. The number of aliphatic hydroxyl groups is 1. The van der Waals surface area contributed by atoms with Crippen molar-refractivity contribution < 1.29 is 24.2 Å². The third kappa shape index (κ3) is 37.6. The highest BCUT2D eigenvalue weighted by molar-refractivity contribution is 5.69. The summed E-state index contributed by atoms with van der Waals surface area (Å²) in [5.41, 5.74) is 0. The first-order valence-corrected chi connectivity index (χ1v) is 20.8. The topological polar surface area (TPSA) is 72.8 Å². The lowest BCUT2D eigenvalue weighted by atomic mass is 9.99. The van der Waals surface area contributed by atoms with Crippen LogP contribution in [0.2, 0.25) is 0 Å². The molecule has 280 valence electrons. The first kappa shape index (κ1) is 45.9. The van der Waals surface area contributed by atoms with Crippen molar-refractivity contribution in [2.45, 2.75) is 233 Å². The average Bonchev–Trinajstić information content (AvgIpc) is 3.05. The third-order valence-corrected chi connectivity index (χ3v) is 9.81. The van der Waals surface area contributed by atoms with Gasteiger partial charge >= 0.3 is 11.9 Å². The molecule has 0 aliphatic heterocycles. The van der Waals surface area contributed by atoms with Crippen molar-refractivity contribution in [2.24, 2.45) is 11.8 Å². The molecule has 0 rings (SSSR count). The Hall–Kier alpha value is -1.10. The van der Waals surface area contributed by atoms with E-state index in [1.165, 1.54) is 161 Å². The lowest BCUT2D eigenvalue weighted by molar-refractivity contribution is -0.152. The minimum atomic E-state index is -0.956. The fourth-order valence-electron chi connectivity index (χ4n) is 6.25. The second-order valence-corrected chi connectivity index (χ2v) is 15.2. The Balaban J connectivity index is 3.38. The van der Waals surface area contributed by atoms with Gasteiger partial charge in [-0.2, -0.15) is 0 Å². The second kappa shape index (κ2) is 36.2. The molecule has 0 saturated carbocycles. The van der Waals surface area contributed by atoms with Gasteiger partial charge in [-0.25, -0.2) is 0 Å². The van der Waals surface area contributed by atoms with Crippen LogP contribution in [0.15, 0.2) is 0 Å². The molecule has 2 atom stereocenters. The van der Waals surface area contributed by atoms with Crippen LogP contribution in [0.5, 0.6) is 0 Å². The van der Waals surface area contributed by atoms with Crippen molar-refractivity contribution >= 4 is 11.9 Å². The maximum absolute atomic E-state index is 12.0. The molecule has 47 heavy (non-hydrogen) atoms. The van der Waals surface area contributed by atoms with Crippen molar-refractivity contribution in [3.63, 3.8) is 0 Å². The van der Waals surface area contributed by atoms with Gasteiger partial charge in [-0.3, -0.25) is 9.59 Å². The van der Waals surface area contributed by atoms with Crippen LogP contribution in [-0.2, 0) is 19.1 Å². The van der Waals surface area contributed by atoms with E-state index in [0.29, 0.717) is 12.8 Å². The molecule has 0 aliphatic rings. The van der Waals surface area contributed by atoms with Gasteiger partial charge in [-0.1, -0.05) is 201 Å². The number of rotatable bonds is 37. The van der Waals surface area contributed by atoms with E-state index < -0.39 is 6.10 Å². The molecular weight excluding hydrogens is 584 g/mol. The summed E-state index contributed by atoms with van der Waals surface area (Å²) in [5.74, 6) is 1.19. The van der Waals surface area contributed by atoms with Crippen molar-refractivity contribution in [2.75, 3.05) is 13.2 Å². The largest absolute Gasteiger partial charge is 0.463 e. The smallest absolute Gasteiger partial charge is 0.305 e. The number of carbonyl (C=O) groups excluding carboxylic acids is 2. The lowest BCUT2D eigenvalue weighted by Gasteiger charge is -2.12. The van der Waals surface area contributed by atoms with Gasteiger partial charge in [0.25, 0.3) is 0 Å². The Labute approximate surface area is 293 Å². The minimum Gasteiger partial charge on any atom is -0.463 e. The van der Waals surface area contributed by atoms with Crippen LogP contribution in [-0.4, -0.2) is 36.4 Å². The highest BCUT2D eigenvalue weighted by Gasteiger charge is 2.12. The lowest BCUT2D eigenvalue weighted by Crippen LogP contribution is -2.25. The molecule has 0 amide bonds. The highest BCUT2D eigenvalue weighted by atomic mass is 16.6. The standard InChI is InChI=1S/C42H82O5/c1-5-39(4)33-29-25-21-17-13-8-6-7-9-14-18-22-26-30-34-41(44)46-36-40(43)37-47-42(45)35-31-27-23-19-15-11-10-12-16-20-24-28-32-38(2)3/h38-40,43H,5-37H2,1-4H3/t39?,40-/m1/s1. The Morgan fingerprint density at radius 2 is 0.723 bits per heavy atom. The molecule has 1 unspecified atom stereocenters. The number of ether oxygens (including phenoxy) is 2. The monoisotopic (exact) mass is 667 g/mol. The Morgan fingerprint density at radius 1 is 0.447 bits per heavy atom. The number of hydrogen-bond acceptors (Lipinski definition) is 5. The van der Waals surface area contributed by atoms with Gasteiger partial charge in [0.05, 0.1) is 0 Å². The zero-order valence-electron chi connectivity index (χ0n) is 32.1. The third-order valence-electron chi connectivity index (χ3n) is 9.81. The zero-order chi connectivity index (χ0) is 34.6. The predicted molar refractivity (Wildman–Crippen MR) is 201 cm³/mol. The molecule has 1 N–H and O–H groups in total. The fraction of sp³-hybridized carbons (Fsp3) is 0.952. The predicted octanol–water partition coefficient (Wildman–Crippen LogP) is 12.8. The highest BCUT2D eigenvalue weighted by Crippen LogP contribution is 2.17. The average molecular weight is 667 g/mol. The van der Waals surface area contributed by atoms with Crippen LogP contribution in [0.1, 0.15) is 227 Å². The Morgan fingerprint density at radius 3 is 1.02 bits per heavy atom. The van der Waals surface area contributed by atoms with Crippen LogP contribution < -0.4 is 0 Å². The molecule has 0 aromatic carbocycles. The molecular formula is C42H82O5. The van der Waals surface area contributed by atoms with E-state index in [1.54, 1.807) is 0 Å². The van der Waals surface area contributed by atoms with E-state index in [0.717, 1.165) is 37.5 Å². The second-order valence-electron chi connectivity index (χ2n) is 15.2. The first-order chi connectivity index (χ1) is 22.8. The summed E-state index contributed by atoms with van der Waals surface area (Å²) in [4.78, 5) is 24.0. The first-order valence-electron chi connectivity index (χ1n) is 20.8. The molecule has 0 fully saturated rings. The summed E-state index contributed by atoms with van der Waals surface area (Å²) >= 11 is 0. The normalized spacial score (nSPS) is 12.8. The Kier molecular flexibility index (Phi) is 35.3. The fourth-order valence-corrected chi connectivity index (χ4v) is 6.25. The van der Waals surface area contributed by atoms with Gasteiger partial charge < -0.3 is 14.6 Å². The van der Waals surface area contributed by atoms with E-state index >= 15 is 0 Å². The van der Waals surface area contributed by atoms with Gasteiger partial charge in [-0.05, 0) is 24.7 Å². The summed E-state index contributed by atoms with van der Waals surface area (Å²) in [7, 11) is 0. The molecule has 0 saturated heterocycles. The van der Waals surface area contributed by atoms with E-state index in [9.17, 15) is 14.7 Å². The summed E-state index contributed by atoms with van der Waals surface area (Å²) in [5, 5.41) is 10.0. The summed E-state index contributed by atoms with van der Waals surface area (Å²) < 4.78 is 10.4. The van der Waals surface area contributed by atoms with Crippen molar-refractivity contribution in [1.29, 1.82) is 0 Å². The van der Waals surface area contributed by atoms with Gasteiger partial charge in [-0.15, -0.1) is 0 Å². The van der Waals surface area contributed by atoms with Crippen LogP contribution >= 0.6 is 0 Å². The Bertz CT molecular complexity index is 663. The number of carbonyl (C=O) groups is 2. The van der Waals surface area contributed by atoms with Crippen LogP contribution in [0.25, 0.3) is 0 Å². The van der Waals surface area contributed by atoms with Crippen LogP contribution in [0.3, 0.4) is 0 Å². The van der Waals surface area contributed by atoms with Crippen molar-refractivity contribution in [1.82, 2.24) is 0 Å². The summed E-state index contributed by atoms with van der Waals surface area (Å²) in [6, 6.07) is 0. The summed E-state index contributed by atoms with van der Waals surface area (Å²) in [6.45, 7) is 9.07. The van der Waals surface area contributed by atoms with Crippen molar-refractivity contribution in [3.05, 3.63) is 0 Å². The molecule has 5 nitrogen and oxygen atoms in total. The quantitative estimate of drug-likeness (QED) is 0.0527. The zero-order valence-corrected chi connectivity index (χ0v) is 32.1. The summed E-state index contributed by atoms with van der Waals surface area (Å²) in [6.07, 6.45) is 37.2. The maximum atomic E-state index is 12.0. The maximum Gasteiger partial charge on any atom is 0.305 e. The van der Waals surface area contributed by atoms with E-state index in [2.05, 4.69) is 27.7 Å². The van der Waals surface area contributed by atoms with Crippen LogP contribution in [0, 0.1) is 11.8 Å². The molecule has 5 heteroatoms. The molecule has 0 radical (unpaired) electrons. The van der Waals surface area contributed by atoms with Gasteiger partial charge in [0, 0.05) is 12.8 Å². The molecule has 0 aromatic rings. The molecule has 0 spiro atoms. The molecule has 0 aliphatic carbocycles. The van der Waals surface area contributed by atoms with E-state index in [-0.39, 0.29) is 25.2 Å². The molecule has 0 heterocycles. The minimum absolute atomic E-state index is 0.109.